The molecular weight excluding hydrogens is 478 g/mol. The Morgan fingerprint density at radius 3 is 1.67 bits per heavy atom. The first-order valence-electron chi connectivity index (χ1n) is 10.7. The zero-order valence-corrected chi connectivity index (χ0v) is 20.2. The number of carbonyl (C=O) groups is 4. The first-order valence-corrected chi connectivity index (χ1v) is 10.7. The second-order valence-corrected chi connectivity index (χ2v) is 7.81. The van der Waals surface area contributed by atoms with E-state index in [1.807, 2.05) is 44.3 Å². The normalized spacial score (nSPS) is 12.4. The van der Waals surface area contributed by atoms with Crippen molar-refractivity contribution in [2.75, 3.05) is 13.2 Å². The highest BCUT2D eigenvalue weighted by molar-refractivity contribution is 5.84. The highest BCUT2D eigenvalue weighted by atomic mass is 16.4. The number of hydrogen-bond acceptors (Lipinski definition) is 9. The fraction of sp³-hybridized carbons (Fsp3) is 0.455. The molecule has 1 aromatic carbocycles. The molecule has 3 atom stereocenters. The van der Waals surface area contributed by atoms with Crippen molar-refractivity contribution >= 4 is 34.8 Å². The standard InChI is InChI=1S/C11H12N2O2.C6H13NO2.C3H7NO3.C2H5NO2/c12-9(11(14)15)5-7-6-13-10-4-2-1-3-8(7)10;1-4(2)3-5(7)6(8)9;4-2(1-5)3(6)7;3-1-2(4)5/h1-4,6,9,13H,5,12H2,(H,14,15);4-5H,3,7H2,1-2H3,(H,8,9);2,5H,1,4H2,(H,6,7);1,3H2,(H,4,5)/t9-;5-;2-;/m000./s1. The number of para-hydroxylation sites is 1. The lowest BCUT2D eigenvalue weighted by Crippen LogP contribution is -2.33. The number of aromatic amines is 1. The van der Waals surface area contributed by atoms with Gasteiger partial charge < -0.3 is 53.5 Å². The summed E-state index contributed by atoms with van der Waals surface area (Å²) in [7, 11) is 0. The Balaban J connectivity index is 0. The van der Waals surface area contributed by atoms with E-state index in [9.17, 15) is 19.2 Å². The maximum absolute atomic E-state index is 10.6. The third-order valence-corrected chi connectivity index (χ3v) is 4.16. The van der Waals surface area contributed by atoms with Crippen molar-refractivity contribution in [1.82, 2.24) is 4.98 Å². The molecule has 2 rings (SSSR count). The number of carboxylic acid groups (broad SMARTS) is 4. The molecule has 0 fully saturated rings. The van der Waals surface area contributed by atoms with Gasteiger partial charge in [-0.05, 0) is 24.0 Å². The molecule has 0 spiro atoms. The van der Waals surface area contributed by atoms with E-state index in [1.54, 1.807) is 0 Å². The van der Waals surface area contributed by atoms with E-state index in [0.29, 0.717) is 18.8 Å². The van der Waals surface area contributed by atoms with Crippen LogP contribution in [0.1, 0.15) is 25.8 Å². The van der Waals surface area contributed by atoms with Gasteiger partial charge in [0.2, 0.25) is 0 Å². The minimum atomic E-state index is -1.18. The highest BCUT2D eigenvalue weighted by Crippen LogP contribution is 2.18. The average molecular weight is 516 g/mol. The number of aliphatic carboxylic acids is 4. The Morgan fingerprint density at radius 2 is 1.33 bits per heavy atom. The summed E-state index contributed by atoms with van der Waals surface area (Å²) in [5.74, 6) is -3.67. The number of H-pyrrole nitrogens is 1. The number of hydrogen-bond donors (Lipinski definition) is 10. The van der Waals surface area contributed by atoms with Crippen LogP contribution in [0.25, 0.3) is 10.9 Å². The number of benzene rings is 1. The van der Waals surface area contributed by atoms with Crippen LogP contribution in [-0.2, 0) is 25.6 Å². The third-order valence-electron chi connectivity index (χ3n) is 4.16. The van der Waals surface area contributed by atoms with Crippen LogP contribution in [0, 0.1) is 5.92 Å². The minimum Gasteiger partial charge on any atom is -0.480 e. The average Bonchev–Trinajstić information content (AvgIpc) is 3.21. The van der Waals surface area contributed by atoms with Crippen molar-refractivity contribution in [2.45, 2.75) is 44.8 Å². The quantitative estimate of drug-likeness (QED) is 0.192. The minimum absolute atomic E-state index is 0.278. The van der Waals surface area contributed by atoms with Crippen molar-refractivity contribution in [3.63, 3.8) is 0 Å². The molecule has 36 heavy (non-hydrogen) atoms. The number of nitrogens with one attached hydrogen (secondary N) is 1. The van der Waals surface area contributed by atoms with Gasteiger partial charge in [-0.15, -0.1) is 0 Å². The Bertz CT molecular complexity index is 949. The van der Waals surface area contributed by atoms with E-state index >= 15 is 0 Å². The third kappa shape index (κ3) is 16.1. The summed E-state index contributed by atoms with van der Waals surface area (Å²) in [6.07, 6.45) is 2.71. The first-order chi connectivity index (χ1) is 16.7. The summed E-state index contributed by atoms with van der Waals surface area (Å²) in [5, 5.41) is 41.6. The van der Waals surface area contributed by atoms with Crippen molar-refractivity contribution in [3.8, 4) is 0 Å². The predicted octanol–water partition coefficient (Wildman–Crippen LogP) is -1.01. The largest absolute Gasteiger partial charge is 0.480 e. The van der Waals surface area contributed by atoms with Crippen molar-refractivity contribution < 1.29 is 44.7 Å². The SMILES string of the molecule is CC(C)C[C@H](N)C(=O)O.NCC(=O)O.N[C@@H](CO)C(=O)O.N[C@@H](Cc1c[nH]c2ccccc12)C(=O)O. The second kappa shape index (κ2) is 18.7. The molecule has 14 nitrogen and oxygen atoms in total. The van der Waals surface area contributed by atoms with Gasteiger partial charge in [0.15, 0.2) is 0 Å². The molecule has 0 aliphatic heterocycles. The molecule has 14 heteroatoms. The Labute approximate surface area is 207 Å². The van der Waals surface area contributed by atoms with Crippen LogP contribution in [0.3, 0.4) is 0 Å². The van der Waals surface area contributed by atoms with Crippen LogP contribution in [-0.4, -0.2) is 85.7 Å². The van der Waals surface area contributed by atoms with Gasteiger partial charge >= 0.3 is 23.9 Å². The first kappa shape index (κ1) is 34.6. The van der Waals surface area contributed by atoms with Gasteiger partial charge in [0.1, 0.15) is 18.1 Å². The van der Waals surface area contributed by atoms with Gasteiger partial charge in [0.25, 0.3) is 0 Å². The summed E-state index contributed by atoms with van der Waals surface area (Å²) in [6.45, 7) is 3.11. The number of aromatic nitrogens is 1. The zero-order chi connectivity index (χ0) is 28.4. The molecule has 14 N–H and O–H groups in total. The van der Waals surface area contributed by atoms with E-state index in [4.69, 9.17) is 42.7 Å². The van der Waals surface area contributed by atoms with Crippen LogP contribution in [0.2, 0.25) is 0 Å². The lowest BCUT2D eigenvalue weighted by Gasteiger charge is -2.07. The molecule has 0 radical (unpaired) electrons. The summed E-state index contributed by atoms with van der Waals surface area (Å²) < 4.78 is 0. The number of fused-ring (bicyclic) bond motifs is 1. The topological polar surface area (TPSA) is 289 Å². The number of carboxylic acids is 4. The molecule has 0 amide bonds. The van der Waals surface area contributed by atoms with Crippen LogP contribution in [0.15, 0.2) is 30.5 Å². The van der Waals surface area contributed by atoms with Crippen molar-refractivity contribution in [3.05, 3.63) is 36.0 Å². The maximum atomic E-state index is 10.6. The van der Waals surface area contributed by atoms with E-state index in [1.165, 1.54) is 0 Å². The van der Waals surface area contributed by atoms with Gasteiger partial charge in [0.05, 0.1) is 13.2 Å². The van der Waals surface area contributed by atoms with Crippen LogP contribution in [0.5, 0.6) is 0 Å². The summed E-state index contributed by atoms with van der Waals surface area (Å²) in [6, 6.07) is 5.10. The van der Waals surface area contributed by atoms with Gasteiger partial charge in [-0.25, -0.2) is 0 Å². The lowest BCUT2D eigenvalue weighted by molar-refractivity contribution is -0.140. The molecule has 0 saturated heterocycles. The molecule has 0 aliphatic rings. The van der Waals surface area contributed by atoms with Gasteiger partial charge in [0, 0.05) is 23.5 Å². The molecule has 2 aromatic rings. The fourth-order valence-electron chi connectivity index (χ4n) is 2.31. The molecule has 1 heterocycles. The molecule has 204 valence electrons. The molecule has 0 aliphatic carbocycles. The van der Waals surface area contributed by atoms with E-state index < -0.39 is 48.6 Å². The van der Waals surface area contributed by atoms with Crippen LogP contribution >= 0.6 is 0 Å². The lowest BCUT2D eigenvalue weighted by atomic mass is 10.1. The Hall–Kier alpha value is -3.56. The Morgan fingerprint density at radius 1 is 0.861 bits per heavy atom. The number of rotatable bonds is 9. The van der Waals surface area contributed by atoms with E-state index in [0.717, 1.165) is 16.5 Å². The van der Waals surface area contributed by atoms with Crippen molar-refractivity contribution in [2.24, 2.45) is 28.9 Å². The van der Waals surface area contributed by atoms with Crippen LogP contribution < -0.4 is 22.9 Å². The Kier molecular flexibility index (Phi) is 18.0. The highest BCUT2D eigenvalue weighted by Gasteiger charge is 2.14. The molecular formula is C22H37N5O9. The number of nitrogens with two attached hydrogens (primary N) is 4. The molecule has 0 saturated carbocycles. The summed E-state index contributed by atoms with van der Waals surface area (Å²) in [4.78, 5) is 42.7. The molecule has 0 bridgehead atoms. The van der Waals surface area contributed by atoms with E-state index in [2.05, 4.69) is 10.7 Å². The number of aliphatic hydroxyl groups is 1. The summed E-state index contributed by atoms with van der Waals surface area (Å²) in [5.41, 5.74) is 22.0. The van der Waals surface area contributed by atoms with Gasteiger partial charge in [-0.2, -0.15) is 0 Å². The van der Waals surface area contributed by atoms with Gasteiger partial charge in [-0.1, -0.05) is 32.0 Å². The molecule has 1 aromatic heterocycles. The maximum Gasteiger partial charge on any atom is 0.322 e. The molecule has 0 unspecified atom stereocenters. The van der Waals surface area contributed by atoms with Crippen LogP contribution in [0.4, 0.5) is 0 Å². The summed E-state index contributed by atoms with van der Waals surface area (Å²) >= 11 is 0. The zero-order valence-electron chi connectivity index (χ0n) is 20.2. The van der Waals surface area contributed by atoms with Crippen molar-refractivity contribution in [1.29, 1.82) is 0 Å². The number of aliphatic hydroxyl groups excluding tert-OH is 1. The fourth-order valence-corrected chi connectivity index (χ4v) is 2.31. The van der Waals surface area contributed by atoms with Gasteiger partial charge in [-0.3, -0.25) is 19.2 Å². The second-order valence-electron chi connectivity index (χ2n) is 7.81. The smallest absolute Gasteiger partial charge is 0.322 e. The predicted molar refractivity (Wildman–Crippen MR) is 132 cm³/mol. The van der Waals surface area contributed by atoms with E-state index in [-0.39, 0.29) is 6.54 Å². The monoisotopic (exact) mass is 515 g/mol.